The van der Waals surface area contributed by atoms with Crippen LogP contribution in [0.15, 0.2) is 12.3 Å². The summed E-state index contributed by atoms with van der Waals surface area (Å²) in [5.74, 6) is -0.623. The molecule has 3 nitrogen and oxygen atoms in total. The topological polar surface area (TPSA) is 35.0 Å². The average Bonchev–Trinajstić information content (AvgIpc) is 1.82. The van der Waals surface area contributed by atoms with Crippen molar-refractivity contribution in [3.05, 3.63) is 17.5 Å². The molecule has 0 radical (unpaired) electrons. The standard InChI is InChI=1S/C5H2ClF3N2O/c6-4-10-2-1-3(11-4)12-5(7,8)9/h1-2H. The number of nitrogens with zero attached hydrogens (tertiary/aromatic N) is 2. The van der Waals surface area contributed by atoms with E-state index in [0.717, 1.165) is 12.3 Å². The number of alkyl halides is 3. The largest absolute Gasteiger partial charge is 0.574 e. The summed E-state index contributed by atoms with van der Waals surface area (Å²) in [5.41, 5.74) is 0. The molecule has 0 spiro atoms. The van der Waals surface area contributed by atoms with Gasteiger partial charge in [-0.1, -0.05) is 0 Å². The quantitative estimate of drug-likeness (QED) is 0.648. The summed E-state index contributed by atoms with van der Waals surface area (Å²) < 4.78 is 38.1. The van der Waals surface area contributed by atoms with Gasteiger partial charge in [-0.3, -0.25) is 0 Å². The first-order valence-corrected chi connectivity index (χ1v) is 3.09. The van der Waals surface area contributed by atoms with E-state index in [1.54, 1.807) is 0 Å². The van der Waals surface area contributed by atoms with E-state index >= 15 is 0 Å². The predicted molar refractivity (Wildman–Crippen MR) is 33.7 cm³/mol. The number of hydrogen-bond donors (Lipinski definition) is 0. The number of aromatic nitrogens is 2. The van der Waals surface area contributed by atoms with E-state index in [-0.39, 0.29) is 5.28 Å². The molecule has 1 rings (SSSR count). The molecular weight excluding hydrogens is 197 g/mol. The molecule has 0 amide bonds. The van der Waals surface area contributed by atoms with Crippen molar-refractivity contribution in [2.75, 3.05) is 0 Å². The van der Waals surface area contributed by atoms with Crippen LogP contribution in [0.5, 0.6) is 5.88 Å². The molecule has 0 aliphatic heterocycles. The lowest BCUT2D eigenvalue weighted by Crippen LogP contribution is -2.17. The Morgan fingerprint density at radius 2 is 2.08 bits per heavy atom. The fourth-order valence-electron chi connectivity index (χ4n) is 0.495. The van der Waals surface area contributed by atoms with Crippen molar-refractivity contribution in [3.8, 4) is 5.88 Å². The van der Waals surface area contributed by atoms with Crippen molar-refractivity contribution in [2.24, 2.45) is 0 Å². The van der Waals surface area contributed by atoms with Gasteiger partial charge < -0.3 is 4.74 Å². The van der Waals surface area contributed by atoms with Gasteiger partial charge in [-0.15, -0.1) is 13.2 Å². The van der Waals surface area contributed by atoms with Gasteiger partial charge in [0.15, 0.2) is 0 Å². The van der Waals surface area contributed by atoms with Crippen molar-refractivity contribution < 1.29 is 17.9 Å². The Hall–Kier alpha value is -1.04. The minimum absolute atomic E-state index is 0.295. The smallest absolute Gasteiger partial charge is 0.388 e. The zero-order valence-electron chi connectivity index (χ0n) is 5.47. The minimum Gasteiger partial charge on any atom is -0.388 e. The number of halogens is 4. The second-order valence-electron chi connectivity index (χ2n) is 1.71. The molecule has 1 aromatic heterocycles. The summed E-state index contributed by atoms with van der Waals surface area (Å²) in [6.45, 7) is 0. The van der Waals surface area contributed by atoms with Gasteiger partial charge in [-0.05, 0) is 11.6 Å². The molecule has 1 heterocycles. The van der Waals surface area contributed by atoms with E-state index in [0.29, 0.717) is 0 Å². The normalized spacial score (nSPS) is 11.3. The lowest BCUT2D eigenvalue weighted by atomic mass is 10.6. The van der Waals surface area contributed by atoms with Crippen molar-refractivity contribution in [3.63, 3.8) is 0 Å². The van der Waals surface area contributed by atoms with Gasteiger partial charge >= 0.3 is 6.36 Å². The Bertz CT molecular complexity index is 278. The Morgan fingerprint density at radius 1 is 1.42 bits per heavy atom. The second kappa shape index (κ2) is 3.14. The van der Waals surface area contributed by atoms with Crippen LogP contribution in [0, 0.1) is 0 Å². The van der Waals surface area contributed by atoms with Gasteiger partial charge in [0, 0.05) is 12.3 Å². The summed E-state index contributed by atoms with van der Waals surface area (Å²) in [7, 11) is 0. The van der Waals surface area contributed by atoms with Crippen LogP contribution in [0.2, 0.25) is 5.28 Å². The SMILES string of the molecule is FC(F)(F)Oc1ccnc(Cl)n1. The highest BCUT2D eigenvalue weighted by Crippen LogP contribution is 2.20. The van der Waals surface area contributed by atoms with E-state index in [4.69, 9.17) is 11.6 Å². The van der Waals surface area contributed by atoms with E-state index in [1.807, 2.05) is 0 Å². The third-order valence-electron chi connectivity index (χ3n) is 0.821. The number of hydrogen-bond acceptors (Lipinski definition) is 3. The minimum atomic E-state index is -4.75. The van der Waals surface area contributed by atoms with Crippen LogP contribution >= 0.6 is 11.6 Å². The van der Waals surface area contributed by atoms with Crippen LogP contribution in [0.3, 0.4) is 0 Å². The van der Waals surface area contributed by atoms with Crippen molar-refractivity contribution in [1.82, 2.24) is 9.97 Å². The number of ether oxygens (including phenoxy) is 1. The van der Waals surface area contributed by atoms with Crippen molar-refractivity contribution >= 4 is 11.6 Å². The van der Waals surface area contributed by atoms with Gasteiger partial charge in [0.2, 0.25) is 11.2 Å². The third-order valence-corrected chi connectivity index (χ3v) is 1.00. The first kappa shape index (κ1) is 9.05. The third kappa shape index (κ3) is 2.91. The van der Waals surface area contributed by atoms with Crippen LogP contribution in [0.4, 0.5) is 13.2 Å². The van der Waals surface area contributed by atoms with Crippen molar-refractivity contribution in [1.29, 1.82) is 0 Å². The predicted octanol–water partition coefficient (Wildman–Crippen LogP) is 2.03. The molecule has 7 heteroatoms. The van der Waals surface area contributed by atoms with Gasteiger partial charge in [-0.25, -0.2) is 4.98 Å². The molecule has 0 fully saturated rings. The van der Waals surface area contributed by atoms with Gasteiger partial charge in [0.05, 0.1) is 0 Å². The highest BCUT2D eigenvalue weighted by molar-refractivity contribution is 6.28. The molecule has 0 aliphatic rings. The Morgan fingerprint density at radius 3 is 2.58 bits per heavy atom. The van der Waals surface area contributed by atoms with E-state index in [9.17, 15) is 13.2 Å². The first-order chi connectivity index (χ1) is 5.47. The highest BCUT2D eigenvalue weighted by atomic mass is 35.5. The summed E-state index contributed by atoms with van der Waals surface area (Å²) in [6, 6.07) is 0.958. The summed E-state index contributed by atoms with van der Waals surface area (Å²) in [4.78, 5) is 6.55. The molecule has 0 atom stereocenters. The van der Waals surface area contributed by atoms with Gasteiger partial charge in [0.1, 0.15) is 0 Å². The van der Waals surface area contributed by atoms with Crippen LogP contribution in [-0.2, 0) is 0 Å². The molecule has 12 heavy (non-hydrogen) atoms. The zero-order chi connectivity index (χ0) is 9.19. The lowest BCUT2D eigenvalue weighted by Gasteiger charge is -2.06. The molecule has 1 aromatic rings. The maximum absolute atomic E-state index is 11.5. The molecule has 0 aromatic carbocycles. The van der Waals surface area contributed by atoms with Crippen LogP contribution in [0.1, 0.15) is 0 Å². The summed E-state index contributed by atoms with van der Waals surface area (Å²) >= 11 is 5.20. The van der Waals surface area contributed by atoms with E-state index < -0.39 is 12.2 Å². The molecule has 66 valence electrons. The summed E-state index contributed by atoms with van der Waals surface area (Å²) in [6.07, 6.45) is -3.69. The lowest BCUT2D eigenvalue weighted by molar-refractivity contribution is -0.276. The van der Waals surface area contributed by atoms with Crippen molar-refractivity contribution in [2.45, 2.75) is 6.36 Å². The molecule has 0 bridgehead atoms. The van der Waals surface area contributed by atoms with Gasteiger partial charge in [-0.2, -0.15) is 4.98 Å². The van der Waals surface area contributed by atoms with E-state index in [2.05, 4.69) is 14.7 Å². The van der Waals surface area contributed by atoms with Gasteiger partial charge in [0.25, 0.3) is 0 Å². The molecular formula is C5H2ClF3N2O. The van der Waals surface area contributed by atoms with Crippen LogP contribution in [0.25, 0.3) is 0 Å². The summed E-state index contributed by atoms with van der Waals surface area (Å²) in [5, 5.41) is -0.295. The average molecular weight is 199 g/mol. The number of rotatable bonds is 1. The molecule has 0 saturated heterocycles. The fraction of sp³-hybridized carbons (Fsp3) is 0.200. The first-order valence-electron chi connectivity index (χ1n) is 2.72. The van der Waals surface area contributed by atoms with Crippen LogP contribution < -0.4 is 4.74 Å². The maximum Gasteiger partial charge on any atom is 0.574 e. The van der Waals surface area contributed by atoms with Crippen LogP contribution in [-0.4, -0.2) is 16.3 Å². The Balaban J connectivity index is 2.77. The van der Waals surface area contributed by atoms with E-state index in [1.165, 1.54) is 0 Å². The second-order valence-corrected chi connectivity index (χ2v) is 2.05. The monoisotopic (exact) mass is 198 g/mol. The molecule has 0 aliphatic carbocycles. The zero-order valence-corrected chi connectivity index (χ0v) is 6.23. The fourth-order valence-corrected chi connectivity index (χ4v) is 0.635. The maximum atomic E-state index is 11.5. The molecule has 0 unspecified atom stereocenters. The Kier molecular flexibility index (Phi) is 2.37. The molecule has 0 N–H and O–H groups in total. The highest BCUT2D eigenvalue weighted by Gasteiger charge is 2.31. The molecule has 0 saturated carbocycles. The Labute approximate surface area is 70.1 Å².